The molecule has 3 rings (SSSR count). The highest BCUT2D eigenvalue weighted by Crippen LogP contribution is 2.32. The number of hydrogen-bond acceptors (Lipinski definition) is 4. The Labute approximate surface area is 183 Å². The van der Waals surface area contributed by atoms with Gasteiger partial charge in [0.15, 0.2) is 5.13 Å². The highest BCUT2D eigenvalue weighted by molar-refractivity contribution is 7.22. The summed E-state index contributed by atoms with van der Waals surface area (Å²) in [7, 11) is 0. The van der Waals surface area contributed by atoms with Crippen LogP contribution in [0.3, 0.4) is 0 Å². The van der Waals surface area contributed by atoms with Gasteiger partial charge in [0, 0.05) is 18.7 Å². The molecular formula is C21H23ClF3N3OS. The smallest absolute Gasteiger partial charge is 0.302 e. The summed E-state index contributed by atoms with van der Waals surface area (Å²) in [6, 6.07) is 12.1. The van der Waals surface area contributed by atoms with Crippen molar-refractivity contribution in [3.05, 3.63) is 59.7 Å². The van der Waals surface area contributed by atoms with Crippen LogP contribution in [0.5, 0.6) is 0 Å². The van der Waals surface area contributed by atoms with Gasteiger partial charge < -0.3 is 4.90 Å². The Hall–Kier alpha value is -2.16. The second-order valence-corrected chi connectivity index (χ2v) is 7.54. The summed E-state index contributed by atoms with van der Waals surface area (Å²) in [4.78, 5) is 21.4. The van der Waals surface area contributed by atoms with Gasteiger partial charge in [-0.1, -0.05) is 43.4 Å². The predicted octanol–water partition coefficient (Wildman–Crippen LogP) is 5.73. The van der Waals surface area contributed by atoms with Crippen LogP contribution < -0.4 is 4.90 Å². The molecule has 1 heterocycles. The van der Waals surface area contributed by atoms with E-state index < -0.39 is 17.6 Å². The van der Waals surface area contributed by atoms with Crippen LogP contribution in [0.1, 0.15) is 29.8 Å². The van der Waals surface area contributed by atoms with Crippen molar-refractivity contribution < 1.29 is 18.0 Å². The van der Waals surface area contributed by atoms with Gasteiger partial charge in [-0.25, -0.2) is 4.98 Å². The van der Waals surface area contributed by atoms with E-state index in [9.17, 15) is 18.0 Å². The summed E-state index contributed by atoms with van der Waals surface area (Å²) in [5.41, 5.74) is -0.0767. The largest absolute Gasteiger partial charge is 0.416 e. The van der Waals surface area contributed by atoms with Crippen molar-refractivity contribution in [3.63, 3.8) is 0 Å². The molecule has 0 saturated heterocycles. The number of halogens is 4. The lowest BCUT2D eigenvalue weighted by Crippen LogP contribution is -2.39. The van der Waals surface area contributed by atoms with Crippen molar-refractivity contribution in [2.24, 2.45) is 0 Å². The van der Waals surface area contributed by atoms with E-state index in [1.54, 1.807) is 0 Å². The van der Waals surface area contributed by atoms with Crippen molar-refractivity contribution in [1.82, 2.24) is 9.88 Å². The zero-order valence-corrected chi connectivity index (χ0v) is 18.3. The molecule has 30 heavy (non-hydrogen) atoms. The second-order valence-electron chi connectivity index (χ2n) is 6.53. The minimum Gasteiger partial charge on any atom is -0.302 e. The molecule has 0 N–H and O–H groups in total. The lowest BCUT2D eigenvalue weighted by Gasteiger charge is -2.25. The molecule has 0 radical (unpaired) electrons. The van der Waals surface area contributed by atoms with E-state index in [4.69, 9.17) is 0 Å². The van der Waals surface area contributed by atoms with E-state index in [2.05, 4.69) is 9.88 Å². The van der Waals surface area contributed by atoms with Crippen molar-refractivity contribution in [1.29, 1.82) is 0 Å². The first-order valence-corrected chi connectivity index (χ1v) is 10.2. The average Bonchev–Trinajstić information content (AvgIpc) is 3.14. The predicted molar refractivity (Wildman–Crippen MR) is 118 cm³/mol. The zero-order valence-electron chi connectivity index (χ0n) is 16.6. The number of anilines is 1. The van der Waals surface area contributed by atoms with Crippen LogP contribution in [0.4, 0.5) is 18.3 Å². The number of amides is 1. The number of carbonyl (C=O) groups excluding carboxylic acids is 1. The van der Waals surface area contributed by atoms with Crippen molar-refractivity contribution >= 4 is 45.0 Å². The number of aromatic nitrogens is 1. The molecule has 0 aliphatic rings. The van der Waals surface area contributed by atoms with Crippen molar-refractivity contribution in [2.75, 3.05) is 31.1 Å². The summed E-state index contributed by atoms with van der Waals surface area (Å²) >= 11 is 1.36. The molecule has 2 aromatic carbocycles. The van der Waals surface area contributed by atoms with Gasteiger partial charge in [0.1, 0.15) is 0 Å². The quantitative estimate of drug-likeness (QED) is 0.455. The second kappa shape index (κ2) is 10.2. The minimum atomic E-state index is -4.50. The summed E-state index contributed by atoms with van der Waals surface area (Å²) in [5, 5.41) is 0.487. The SMILES string of the molecule is CCN(CC)CCN(C(=O)c1cccc(C(F)(F)F)c1)c1nc2ccccc2s1.Cl. The van der Waals surface area contributed by atoms with Crippen LogP contribution in [0.25, 0.3) is 10.2 Å². The maximum atomic E-state index is 13.2. The minimum absolute atomic E-state index is 0. The molecule has 162 valence electrons. The van der Waals surface area contributed by atoms with E-state index in [0.29, 0.717) is 18.2 Å². The Morgan fingerprint density at radius 3 is 2.37 bits per heavy atom. The Balaban J connectivity index is 0.00000320. The molecule has 1 aromatic heterocycles. The fourth-order valence-corrected chi connectivity index (χ4v) is 4.02. The number of carbonyl (C=O) groups is 1. The average molecular weight is 458 g/mol. The molecule has 0 spiro atoms. The molecule has 9 heteroatoms. The van der Waals surface area contributed by atoms with E-state index in [1.165, 1.54) is 28.4 Å². The third kappa shape index (κ3) is 5.50. The monoisotopic (exact) mass is 457 g/mol. The van der Waals surface area contributed by atoms with Crippen LogP contribution in [0.15, 0.2) is 48.5 Å². The van der Waals surface area contributed by atoms with Crippen LogP contribution >= 0.6 is 23.7 Å². The van der Waals surface area contributed by atoms with Crippen LogP contribution in [0.2, 0.25) is 0 Å². The molecular weight excluding hydrogens is 435 g/mol. The first kappa shape index (κ1) is 24.1. The van der Waals surface area contributed by atoms with Gasteiger partial charge in [0.25, 0.3) is 5.91 Å². The number of fused-ring (bicyclic) bond motifs is 1. The normalized spacial score (nSPS) is 11.5. The number of thiazole rings is 1. The summed E-state index contributed by atoms with van der Waals surface area (Å²) in [6.45, 7) is 6.65. The Morgan fingerprint density at radius 2 is 1.73 bits per heavy atom. The van der Waals surface area contributed by atoms with Gasteiger partial charge in [-0.2, -0.15) is 13.2 Å². The van der Waals surface area contributed by atoms with E-state index in [0.717, 1.165) is 35.4 Å². The molecule has 1 amide bonds. The Bertz CT molecular complexity index is 956. The van der Waals surface area contributed by atoms with Gasteiger partial charge in [-0.15, -0.1) is 12.4 Å². The maximum Gasteiger partial charge on any atom is 0.416 e. The molecule has 0 atom stereocenters. The molecule has 0 unspecified atom stereocenters. The van der Waals surface area contributed by atoms with E-state index in [-0.39, 0.29) is 18.0 Å². The maximum absolute atomic E-state index is 13.2. The number of rotatable bonds is 7. The molecule has 0 bridgehead atoms. The molecule has 0 aliphatic heterocycles. The molecule has 3 aromatic rings. The highest BCUT2D eigenvalue weighted by atomic mass is 35.5. The number of hydrogen-bond donors (Lipinski definition) is 0. The highest BCUT2D eigenvalue weighted by Gasteiger charge is 2.31. The van der Waals surface area contributed by atoms with Gasteiger partial charge >= 0.3 is 6.18 Å². The first-order chi connectivity index (χ1) is 13.8. The van der Waals surface area contributed by atoms with Crippen molar-refractivity contribution in [3.8, 4) is 0 Å². The zero-order chi connectivity index (χ0) is 21.0. The summed E-state index contributed by atoms with van der Waals surface area (Å²) < 4.78 is 40.2. The topological polar surface area (TPSA) is 36.4 Å². The Morgan fingerprint density at radius 1 is 1.03 bits per heavy atom. The first-order valence-electron chi connectivity index (χ1n) is 9.40. The third-order valence-electron chi connectivity index (χ3n) is 4.73. The van der Waals surface area contributed by atoms with Crippen LogP contribution in [-0.4, -0.2) is 42.0 Å². The molecule has 0 fully saturated rings. The van der Waals surface area contributed by atoms with Crippen molar-refractivity contribution in [2.45, 2.75) is 20.0 Å². The van der Waals surface area contributed by atoms with Gasteiger partial charge in [0.2, 0.25) is 0 Å². The summed E-state index contributed by atoms with van der Waals surface area (Å²) in [5.74, 6) is -0.484. The van der Waals surface area contributed by atoms with E-state index >= 15 is 0 Å². The summed E-state index contributed by atoms with van der Waals surface area (Å²) in [6.07, 6.45) is -4.50. The standard InChI is InChI=1S/C21H22F3N3OS.ClH/c1-3-26(4-2)12-13-27(20-25-17-10-5-6-11-18(17)29-20)19(28)15-8-7-9-16(14-15)21(22,23)24;/h5-11,14H,3-4,12-13H2,1-2H3;1H. The van der Waals surface area contributed by atoms with Gasteiger partial charge in [-0.05, 0) is 43.4 Å². The Kier molecular flexibility index (Phi) is 8.23. The number of para-hydroxylation sites is 1. The number of nitrogens with zero attached hydrogens (tertiary/aromatic N) is 3. The number of likely N-dealkylation sites (N-methyl/N-ethyl adjacent to an activating group) is 1. The van der Waals surface area contributed by atoms with Gasteiger partial charge in [-0.3, -0.25) is 9.69 Å². The lowest BCUT2D eigenvalue weighted by molar-refractivity contribution is -0.137. The number of benzene rings is 2. The number of alkyl halides is 3. The molecule has 0 aliphatic carbocycles. The fraction of sp³-hybridized carbons (Fsp3) is 0.333. The van der Waals surface area contributed by atoms with Crippen LogP contribution in [0, 0.1) is 0 Å². The molecule has 0 saturated carbocycles. The molecule has 4 nitrogen and oxygen atoms in total. The third-order valence-corrected chi connectivity index (χ3v) is 5.79. The van der Waals surface area contributed by atoms with Crippen LogP contribution in [-0.2, 0) is 6.18 Å². The lowest BCUT2D eigenvalue weighted by atomic mass is 10.1. The fourth-order valence-electron chi connectivity index (χ4n) is 3.03. The van der Waals surface area contributed by atoms with Gasteiger partial charge in [0.05, 0.1) is 15.8 Å². The van der Waals surface area contributed by atoms with E-state index in [1.807, 2.05) is 38.1 Å².